The molecule has 1 nitrogen and oxygen atoms in total. The molecule has 0 spiro atoms. The smallest absolute Gasteiger partial charge is 0.139 e. The van der Waals surface area contributed by atoms with Crippen LogP contribution in [-0.2, 0) is 15.9 Å². The van der Waals surface area contributed by atoms with Gasteiger partial charge in [0.05, 0.1) is 0 Å². The molecule has 1 heterocycles. The number of rotatable bonds is 4. The van der Waals surface area contributed by atoms with Crippen molar-refractivity contribution in [1.29, 1.82) is 0 Å². The summed E-state index contributed by atoms with van der Waals surface area (Å²) in [4.78, 5) is 0. The van der Waals surface area contributed by atoms with Gasteiger partial charge >= 0.3 is 0 Å². The highest BCUT2D eigenvalue weighted by Crippen LogP contribution is 2.51. The van der Waals surface area contributed by atoms with E-state index in [0.29, 0.717) is 0 Å². The Morgan fingerprint density at radius 3 is 0.828 bits per heavy atom. The van der Waals surface area contributed by atoms with E-state index >= 15 is 0 Å². The minimum Gasteiger partial charge on any atom is -0.342 e. The molecular weight excluding hydrogens is 352 g/mol. The monoisotopic (exact) mass is 374 g/mol. The Kier molecular flexibility index (Phi) is 4.38. The van der Waals surface area contributed by atoms with Crippen molar-refractivity contribution in [2.45, 2.75) is 11.2 Å². The number of hydrogen-bond donors (Lipinski definition) is 0. The van der Waals surface area contributed by atoms with Crippen molar-refractivity contribution in [2.24, 2.45) is 0 Å². The standard InChI is InChI=1S/C28H22O/c1-5-13-23(14-6-1)27(24-15-7-2-8-16-24)21-22-28(29-27,25-17-9-3-10-18-25)26-19-11-4-12-20-26/h1-22H. The molecule has 0 radical (unpaired) electrons. The maximum Gasteiger partial charge on any atom is 0.139 e. The van der Waals surface area contributed by atoms with Crippen LogP contribution in [0.5, 0.6) is 0 Å². The fourth-order valence-electron chi connectivity index (χ4n) is 4.25. The van der Waals surface area contributed by atoms with Gasteiger partial charge in [-0.1, -0.05) is 121 Å². The zero-order valence-corrected chi connectivity index (χ0v) is 16.1. The Bertz CT molecular complexity index is 930. The van der Waals surface area contributed by atoms with E-state index in [-0.39, 0.29) is 0 Å². The SMILES string of the molecule is C1=CC(c2ccccc2)(c2ccccc2)OC1(c1ccccc1)c1ccccc1. The topological polar surface area (TPSA) is 9.23 Å². The molecule has 0 N–H and O–H groups in total. The highest BCUT2D eigenvalue weighted by Gasteiger charge is 2.48. The van der Waals surface area contributed by atoms with E-state index in [9.17, 15) is 0 Å². The number of benzene rings is 4. The maximum absolute atomic E-state index is 7.17. The quantitative estimate of drug-likeness (QED) is 0.372. The van der Waals surface area contributed by atoms with E-state index in [0.717, 1.165) is 22.3 Å². The fourth-order valence-corrected chi connectivity index (χ4v) is 4.25. The molecule has 0 saturated carbocycles. The lowest BCUT2D eigenvalue weighted by Crippen LogP contribution is -2.35. The molecule has 0 amide bonds. The molecule has 140 valence electrons. The Hall–Kier alpha value is -3.42. The second kappa shape index (κ2) is 7.20. The first-order chi connectivity index (χ1) is 14.3. The van der Waals surface area contributed by atoms with Gasteiger partial charge in [-0.2, -0.15) is 0 Å². The summed E-state index contributed by atoms with van der Waals surface area (Å²) in [6, 6.07) is 41.9. The van der Waals surface area contributed by atoms with E-state index in [1.807, 2.05) is 24.3 Å². The van der Waals surface area contributed by atoms with Crippen LogP contribution in [0.15, 0.2) is 133 Å². The number of hydrogen-bond acceptors (Lipinski definition) is 1. The van der Waals surface area contributed by atoms with Crippen molar-refractivity contribution < 1.29 is 4.74 Å². The summed E-state index contributed by atoms with van der Waals surface area (Å²) in [5.41, 5.74) is 3.17. The van der Waals surface area contributed by atoms with E-state index in [2.05, 4.69) is 109 Å². The van der Waals surface area contributed by atoms with Crippen molar-refractivity contribution in [2.75, 3.05) is 0 Å². The molecule has 4 aromatic rings. The third-order valence-corrected chi connectivity index (χ3v) is 5.69. The molecule has 0 saturated heterocycles. The highest BCUT2D eigenvalue weighted by molar-refractivity contribution is 5.51. The lowest BCUT2D eigenvalue weighted by Gasteiger charge is -2.37. The zero-order chi connectivity index (χ0) is 19.6. The molecule has 5 rings (SSSR count). The second-order valence-corrected chi connectivity index (χ2v) is 7.37. The number of ether oxygens (including phenoxy) is 1. The first kappa shape index (κ1) is 17.7. The lowest BCUT2D eigenvalue weighted by molar-refractivity contribution is -0.0515. The van der Waals surface area contributed by atoms with Crippen LogP contribution >= 0.6 is 0 Å². The predicted molar refractivity (Wildman–Crippen MR) is 118 cm³/mol. The first-order valence-electron chi connectivity index (χ1n) is 9.96. The van der Waals surface area contributed by atoms with Gasteiger partial charge in [-0.05, 0) is 34.4 Å². The Labute approximate surface area is 171 Å². The van der Waals surface area contributed by atoms with Gasteiger partial charge in [0.1, 0.15) is 11.2 Å². The summed E-state index contributed by atoms with van der Waals surface area (Å²) in [6.45, 7) is 0. The maximum atomic E-state index is 7.17. The van der Waals surface area contributed by atoms with Crippen molar-refractivity contribution in [1.82, 2.24) is 0 Å². The van der Waals surface area contributed by atoms with Crippen LogP contribution in [0.3, 0.4) is 0 Å². The van der Waals surface area contributed by atoms with E-state index in [1.54, 1.807) is 0 Å². The van der Waals surface area contributed by atoms with Gasteiger partial charge in [0, 0.05) is 0 Å². The average molecular weight is 374 g/mol. The van der Waals surface area contributed by atoms with Gasteiger partial charge in [-0.15, -0.1) is 0 Å². The second-order valence-electron chi connectivity index (χ2n) is 7.37. The average Bonchev–Trinajstić information content (AvgIpc) is 3.25. The summed E-state index contributed by atoms with van der Waals surface area (Å²) in [7, 11) is 0. The molecule has 1 aliphatic rings. The minimum absolute atomic E-state index is 0.659. The van der Waals surface area contributed by atoms with Crippen LogP contribution in [-0.4, -0.2) is 0 Å². The molecule has 0 unspecified atom stereocenters. The van der Waals surface area contributed by atoms with Gasteiger partial charge in [0.25, 0.3) is 0 Å². The normalized spacial score (nSPS) is 16.6. The summed E-state index contributed by atoms with van der Waals surface area (Å²) in [5.74, 6) is 0. The molecule has 1 aliphatic heterocycles. The predicted octanol–water partition coefficient (Wildman–Crippen LogP) is 6.46. The van der Waals surface area contributed by atoms with Crippen LogP contribution in [0.25, 0.3) is 0 Å². The van der Waals surface area contributed by atoms with Gasteiger partial charge in [-0.25, -0.2) is 0 Å². The largest absolute Gasteiger partial charge is 0.342 e. The fraction of sp³-hybridized carbons (Fsp3) is 0.0714. The van der Waals surface area contributed by atoms with Crippen LogP contribution in [0.1, 0.15) is 22.3 Å². The zero-order valence-electron chi connectivity index (χ0n) is 16.1. The van der Waals surface area contributed by atoms with Gasteiger partial charge in [-0.3, -0.25) is 0 Å². The van der Waals surface area contributed by atoms with Crippen LogP contribution in [0, 0.1) is 0 Å². The minimum atomic E-state index is -0.659. The summed E-state index contributed by atoms with van der Waals surface area (Å²) >= 11 is 0. The third kappa shape index (κ3) is 2.91. The summed E-state index contributed by atoms with van der Waals surface area (Å²) < 4.78 is 7.17. The highest BCUT2D eigenvalue weighted by atomic mass is 16.5. The van der Waals surface area contributed by atoms with Crippen molar-refractivity contribution in [3.05, 3.63) is 156 Å². The van der Waals surface area contributed by atoms with Crippen molar-refractivity contribution >= 4 is 0 Å². The van der Waals surface area contributed by atoms with Crippen LogP contribution in [0.4, 0.5) is 0 Å². The third-order valence-electron chi connectivity index (χ3n) is 5.69. The van der Waals surface area contributed by atoms with Gasteiger partial charge < -0.3 is 4.74 Å². The van der Waals surface area contributed by atoms with Gasteiger partial charge in [0.15, 0.2) is 0 Å². The Balaban J connectivity index is 1.74. The van der Waals surface area contributed by atoms with E-state index in [1.165, 1.54) is 0 Å². The Morgan fingerprint density at radius 2 is 0.586 bits per heavy atom. The van der Waals surface area contributed by atoms with Crippen molar-refractivity contribution in [3.8, 4) is 0 Å². The molecule has 1 heteroatoms. The first-order valence-corrected chi connectivity index (χ1v) is 9.96. The van der Waals surface area contributed by atoms with E-state index in [4.69, 9.17) is 4.74 Å². The summed E-state index contributed by atoms with van der Waals surface area (Å²) in [6.07, 6.45) is 4.44. The molecular formula is C28H22O. The van der Waals surface area contributed by atoms with E-state index < -0.39 is 11.2 Å². The van der Waals surface area contributed by atoms with Crippen LogP contribution in [0.2, 0.25) is 0 Å². The molecule has 0 bridgehead atoms. The van der Waals surface area contributed by atoms with Crippen molar-refractivity contribution in [3.63, 3.8) is 0 Å². The summed E-state index contributed by atoms with van der Waals surface area (Å²) in [5, 5.41) is 0. The molecule has 29 heavy (non-hydrogen) atoms. The van der Waals surface area contributed by atoms with Crippen LogP contribution < -0.4 is 0 Å². The molecule has 0 aromatic heterocycles. The molecule has 4 aromatic carbocycles. The lowest BCUT2D eigenvalue weighted by atomic mass is 9.86. The van der Waals surface area contributed by atoms with Gasteiger partial charge in [0.2, 0.25) is 0 Å². The molecule has 0 atom stereocenters. The Morgan fingerprint density at radius 1 is 0.345 bits per heavy atom. The molecule has 0 fully saturated rings. The molecule has 0 aliphatic carbocycles.